The van der Waals surface area contributed by atoms with Gasteiger partial charge in [0, 0.05) is 9.75 Å². The maximum atomic E-state index is 13.7. The largest absolute Gasteiger partial charge is 0.465 e. The van der Waals surface area contributed by atoms with Crippen LogP contribution in [0.1, 0.15) is 20.1 Å². The smallest absolute Gasteiger partial charge is 0.337 e. The van der Waals surface area contributed by atoms with Crippen LogP contribution in [-0.4, -0.2) is 19.1 Å². The Kier molecular flexibility index (Phi) is 5.11. The third-order valence-electron chi connectivity index (χ3n) is 2.85. The highest BCUT2D eigenvalue weighted by Crippen LogP contribution is 2.17. The number of thiophene rings is 1. The standard InChI is InChI=1S/C15H15FN2O3S/c1-9-3-5-11(22-9)8-17-15(20)18-13-7-10(14(19)21-2)4-6-12(13)16/h3-7H,8H2,1-2H3,(H2,17,18,20). The SMILES string of the molecule is COC(=O)c1ccc(F)c(NC(=O)NCc2ccc(C)s2)c1. The van der Waals surface area contributed by atoms with Crippen LogP contribution in [0.25, 0.3) is 0 Å². The van der Waals surface area contributed by atoms with Crippen LogP contribution in [0, 0.1) is 12.7 Å². The number of rotatable bonds is 4. The molecule has 1 aromatic heterocycles. The lowest BCUT2D eigenvalue weighted by Gasteiger charge is -2.09. The van der Waals surface area contributed by atoms with Gasteiger partial charge in [-0.15, -0.1) is 11.3 Å². The van der Waals surface area contributed by atoms with Crippen molar-refractivity contribution in [3.63, 3.8) is 0 Å². The number of anilines is 1. The number of hydrogen-bond donors (Lipinski definition) is 2. The number of ether oxygens (including phenoxy) is 1. The molecule has 0 aliphatic rings. The molecule has 2 N–H and O–H groups in total. The monoisotopic (exact) mass is 322 g/mol. The Labute approximate surface area is 131 Å². The number of methoxy groups -OCH3 is 1. The number of aryl methyl sites for hydroxylation is 1. The Morgan fingerprint density at radius 2 is 2.05 bits per heavy atom. The summed E-state index contributed by atoms with van der Waals surface area (Å²) in [4.78, 5) is 25.3. The van der Waals surface area contributed by atoms with Crippen LogP contribution in [0.2, 0.25) is 0 Å². The van der Waals surface area contributed by atoms with E-state index in [4.69, 9.17) is 0 Å². The van der Waals surface area contributed by atoms with Gasteiger partial charge < -0.3 is 15.4 Å². The molecule has 0 unspecified atom stereocenters. The zero-order chi connectivity index (χ0) is 16.1. The van der Waals surface area contributed by atoms with Crippen molar-refractivity contribution >= 4 is 29.0 Å². The maximum Gasteiger partial charge on any atom is 0.337 e. The number of halogens is 1. The van der Waals surface area contributed by atoms with Gasteiger partial charge in [-0.2, -0.15) is 0 Å². The molecule has 0 aliphatic heterocycles. The quantitative estimate of drug-likeness (QED) is 0.849. The molecule has 1 aromatic carbocycles. The van der Waals surface area contributed by atoms with Gasteiger partial charge >= 0.3 is 12.0 Å². The summed E-state index contributed by atoms with van der Waals surface area (Å²) in [7, 11) is 1.23. The lowest BCUT2D eigenvalue weighted by Crippen LogP contribution is -2.28. The summed E-state index contributed by atoms with van der Waals surface area (Å²) in [6.07, 6.45) is 0. The molecule has 116 valence electrons. The van der Waals surface area contributed by atoms with Gasteiger partial charge in [0.2, 0.25) is 0 Å². The van der Waals surface area contributed by atoms with Crippen molar-refractivity contribution in [1.82, 2.24) is 5.32 Å². The first-order valence-electron chi connectivity index (χ1n) is 6.47. The van der Waals surface area contributed by atoms with Crippen molar-refractivity contribution in [3.8, 4) is 0 Å². The molecule has 2 aromatic rings. The van der Waals surface area contributed by atoms with Gasteiger partial charge in [-0.1, -0.05) is 0 Å². The maximum absolute atomic E-state index is 13.7. The predicted octanol–water partition coefficient (Wildman–Crippen LogP) is 3.30. The molecule has 1 heterocycles. The number of nitrogens with one attached hydrogen (secondary N) is 2. The predicted molar refractivity (Wildman–Crippen MR) is 82.7 cm³/mol. The number of urea groups is 1. The van der Waals surface area contributed by atoms with Crippen LogP contribution in [0.4, 0.5) is 14.9 Å². The van der Waals surface area contributed by atoms with Crippen molar-refractivity contribution in [1.29, 1.82) is 0 Å². The Morgan fingerprint density at radius 1 is 1.27 bits per heavy atom. The fraction of sp³-hybridized carbons (Fsp3) is 0.200. The zero-order valence-electron chi connectivity index (χ0n) is 12.1. The molecule has 0 bridgehead atoms. The van der Waals surface area contributed by atoms with Crippen molar-refractivity contribution < 1.29 is 18.7 Å². The topological polar surface area (TPSA) is 67.4 Å². The second kappa shape index (κ2) is 7.04. The van der Waals surface area contributed by atoms with Crippen LogP contribution >= 0.6 is 11.3 Å². The van der Waals surface area contributed by atoms with Gasteiger partial charge in [-0.25, -0.2) is 14.0 Å². The highest BCUT2D eigenvalue weighted by atomic mass is 32.1. The van der Waals surface area contributed by atoms with E-state index in [1.807, 2.05) is 19.1 Å². The first-order valence-corrected chi connectivity index (χ1v) is 7.29. The van der Waals surface area contributed by atoms with Crippen molar-refractivity contribution in [2.45, 2.75) is 13.5 Å². The molecule has 2 rings (SSSR count). The molecule has 0 radical (unpaired) electrons. The van der Waals surface area contributed by atoms with E-state index in [1.165, 1.54) is 19.2 Å². The minimum atomic E-state index is -0.630. The Morgan fingerprint density at radius 3 is 2.68 bits per heavy atom. The highest BCUT2D eigenvalue weighted by molar-refractivity contribution is 7.11. The lowest BCUT2D eigenvalue weighted by atomic mass is 10.2. The Hall–Kier alpha value is -2.41. The fourth-order valence-electron chi connectivity index (χ4n) is 1.78. The third kappa shape index (κ3) is 4.05. The number of carbonyl (C=O) groups excluding carboxylic acids is 2. The second-order valence-electron chi connectivity index (χ2n) is 4.51. The van der Waals surface area contributed by atoms with Crippen LogP contribution in [0.5, 0.6) is 0 Å². The molecule has 0 spiro atoms. The van der Waals surface area contributed by atoms with E-state index in [2.05, 4.69) is 15.4 Å². The Balaban J connectivity index is 2.00. The number of esters is 1. The molecule has 0 fully saturated rings. The average Bonchev–Trinajstić information content (AvgIpc) is 2.92. The Bertz CT molecular complexity index is 700. The minimum Gasteiger partial charge on any atom is -0.465 e. The molecule has 7 heteroatoms. The number of hydrogen-bond acceptors (Lipinski definition) is 4. The van der Waals surface area contributed by atoms with Gasteiger partial charge in [0.15, 0.2) is 0 Å². The van der Waals surface area contributed by atoms with Crippen LogP contribution < -0.4 is 10.6 Å². The second-order valence-corrected chi connectivity index (χ2v) is 5.88. The summed E-state index contributed by atoms with van der Waals surface area (Å²) in [5.74, 6) is -1.23. The summed E-state index contributed by atoms with van der Waals surface area (Å²) >= 11 is 1.57. The first kappa shape index (κ1) is 16.0. The highest BCUT2D eigenvalue weighted by Gasteiger charge is 2.12. The van der Waals surface area contributed by atoms with E-state index in [1.54, 1.807) is 11.3 Å². The summed E-state index contributed by atoms with van der Waals surface area (Å²) in [6.45, 7) is 2.32. The van der Waals surface area contributed by atoms with Crippen LogP contribution in [-0.2, 0) is 11.3 Å². The first-order chi connectivity index (χ1) is 10.5. The average molecular weight is 322 g/mol. The summed E-state index contributed by atoms with van der Waals surface area (Å²) in [5, 5.41) is 5.01. The van der Waals surface area contributed by atoms with E-state index < -0.39 is 17.8 Å². The van der Waals surface area contributed by atoms with Crippen LogP contribution in [0.15, 0.2) is 30.3 Å². The molecule has 0 saturated carbocycles. The molecule has 22 heavy (non-hydrogen) atoms. The van der Waals surface area contributed by atoms with Gasteiger partial charge in [0.05, 0.1) is 24.9 Å². The molecule has 2 amide bonds. The third-order valence-corrected chi connectivity index (χ3v) is 3.86. The van der Waals surface area contributed by atoms with E-state index in [0.717, 1.165) is 15.8 Å². The summed E-state index contributed by atoms with van der Waals surface area (Å²) in [5.41, 5.74) is 0.0795. The van der Waals surface area contributed by atoms with E-state index in [-0.39, 0.29) is 11.3 Å². The van der Waals surface area contributed by atoms with Gasteiger partial charge in [-0.3, -0.25) is 0 Å². The fourth-order valence-corrected chi connectivity index (χ4v) is 2.61. The summed E-state index contributed by atoms with van der Waals surface area (Å²) < 4.78 is 18.2. The molecule has 0 saturated heterocycles. The summed E-state index contributed by atoms with van der Waals surface area (Å²) in [6, 6.07) is 6.95. The molecule has 0 aliphatic carbocycles. The number of carbonyl (C=O) groups is 2. The normalized spacial score (nSPS) is 10.1. The van der Waals surface area contributed by atoms with Crippen LogP contribution in [0.3, 0.4) is 0 Å². The lowest BCUT2D eigenvalue weighted by molar-refractivity contribution is 0.0600. The molecular weight excluding hydrogens is 307 g/mol. The minimum absolute atomic E-state index is 0.0808. The van der Waals surface area contributed by atoms with Crippen molar-refractivity contribution in [3.05, 3.63) is 51.5 Å². The van der Waals surface area contributed by atoms with E-state index in [0.29, 0.717) is 6.54 Å². The van der Waals surface area contributed by atoms with Gasteiger partial charge in [0.25, 0.3) is 0 Å². The molecule has 0 atom stereocenters. The molecular formula is C15H15FN2O3S. The van der Waals surface area contributed by atoms with Gasteiger partial charge in [-0.05, 0) is 37.3 Å². The van der Waals surface area contributed by atoms with E-state index in [9.17, 15) is 14.0 Å². The van der Waals surface area contributed by atoms with Gasteiger partial charge in [0.1, 0.15) is 5.82 Å². The van der Waals surface area contributed by atoms with Crippen molar-refractivity contribution in [2.24, 2.45) is 0 Å². The van der Waals surface area contributed by atoms with Crippen molar-refractivity contribution in [2.75, 3.05) is 12.4 Å². The zero-order valence-corrected chi connectivity index (χ0v) is 12.9. The molecule has 5 nitrogen and oxygen atoms in total. The number of amides is 2. The van der Waals surface area contributed by atoms with E-state index >= 15 is 0 Å². The number of benzene rings is 1.